The summed E-state index contributed by atoms with van der Waals surface area (Å²) in [7, 11) is 2.87. The van der Waals surface area contributed by atoms with Crippen LogP contribution in [0.3, 0.4) is 0 Å². The average Bonchev–Trinajstić information content (AvgIpc) is 3.32. The molecular weight excluding hydrogens is 448 g/mol. The quantitative estimate of drug-likeness (QED) is 0.251. The molecule has 0 aromatic heterocycles. The maximum absolute atomic E-state index is 13.1. The van der Waals surface area contributed by atoms with Gasteiger partial charge in [-0.25, -0.2) is 9.59 Å². The minimum atomic E-state index is -1.70. The Kier molecular flexibility index (Phi) is 5.97. The molecule has 0 spiro atoms. The number of esters is 2. The van der Waals surface area contributed by atoms with Crippen LogP contribution >= 0.6 is 0 Å². The topological polar surface area (TPSA) is 139 Å². The first kappa shape index (κ1) is 22.8. The van der Waals surface area contributed by atoms with Crippen molar-refractivity contribution in [2.24, 2.45) is 11.8 Å². The highest BCUT2D eigenvalue weighted by molar-refractivity contribution is 6.43. The van der Waals surface area contributed by atoms with E-state index in [-0.39, 0.29) is 11.1 Å². The molecule has 2 aliphatic rings. The van der Waals surface area contributed by atoms with Gasteiger partial charge >= 0.3 is 11.9 Å². The Hall–Kier alpha value is -4.34. The molecule has 10 heteroatoms. The molecule has 0 amide bonds. The summed E-state index contributed by atoms with van der Waals surface area (Å²) in [6, 6.07) is 11.5. The van der Waals surface area contributed by atoms with Crippen LogP contribution in [0.1, 0.15) is 20.7 Å². The first-order chi connectivity index (χ1) is 16.3. The molecule has 2 heterocycles. The zero-order chi connectivity index (χ0) is 24.6. The third kappa shape index (κ3) is 3.83. The van der Waals surface area contributed by atoms with Crippen LogP contribution in [0, 0.1) is 11.8 Å². The van der Waals surface area contributed by atoms with Gasteiger partial charge in [-0.2, -0.15) is 0 Å². The number of carbonyl (C=O) groups is 6. The van der Waals surface area contributed by atoms with E-state index in [0.717, 1.165) is 0 Å². The molecule has 0 bridgehead atoms. The van der Waals surface area contributed by atoms with Gasteiger partial charge in [0.1, 0.15) is 23.3 Å². The van der Waals surface area contributed by atoms with E-state index in [2.05, 4.69) is 0 Å². The van der Waals surface area contributed by atoms with E-state index in [1.807, 2.05) is 0 Å². The van der Waals surface area contributed by atoms with Gasteiger partial charge < -0.3 is 18.9 Å². The van der Waals surface area contributed by atoms with Crippen molar-refractivity contribution in [3.63, 3.8) is 0 Å². The molecule has 4 rings (SSSR count). The number of benzene rings is 2. The van der Waals surface area contributed by atoms with E-state index in [0.29, 0.717) is 11.5 Å². The molecule has 2 saturated heterocycles. The lowest BCUT2D eigenvalue weighted by Gasteiger charge is -2.24. The number of hydrogen-bond acceptors (Lipinski definition) is 10. The molecule has 10 nitrogen and oxygen atoms in total. The van der Waals surface area contributed by atoms with Crippen LogP contribution in [0.5, 0.6) is 11.5 Å². The summed E-state index contributed by atoms with van der Waals surface area (Å²) in [5, 5.41) is 0. The van der Waals surface area contributed by atoms with Crippen molar-refractivity contribution in [1.82, 2.24) is 0 Å². The Morgan fingerprint density at radius 1 is 0.618 bits per heavy atom. The lowest BCUT2D eigenvalue weighted by Crippen LogP contribution is -2.44. The predicted molar refractivity (Wildman–Crippen MR) is 111 cm³/mol. The number of rotatable bonds is 7. The molecule has 2 fully saturated rings. The zero-order valence-corrected chi connectivity index (χ0v) is 18.0. The summed E-state index contributed by atoms with van der Waals surface area (Å²) >= 11 is 0. The van der Waals surface area contributed by atoms with Crippen molar-refractivity contribution < 1.29 is 47.7 Å². The lowest BCUT2D eigenvalue weighted by molar-refractivity contribution is -0.157. The smallest absolute Gasteiger partial charge is 0.376 e. The van der Waals surface area contributed by atoms with E-state index in [1.54, 1.807) is 0 Å². The Morgan fingerprint density at radius 2 is 0.941 bits per heavy atom. The largest absolute Gasteiger partial charge is 0.497 e. The van der Waals surface area contributed by atoms with E-state index in [4.69, 9.17) is 18.9 Å². The van der Waals surface area contributed by atoms with Gasteiger partial charge in [0.25, 0.3) is 11.6 Å². The highest BCUT2D eigenvalue weighted by Gasteiger charge is 2.60. The SMILES string of the molecule is COc1ccc(C(=O)[C@@H]2C(=O)C(=O)O[C@@H]2[C@H]2OC(=O)C(=O)[C@H]2C(=O)c2ccc(OC)cc2)cc1. The highest BCUT2D eigenvalue weighted by Crippen LogP contribution is 2.35. The van der Waals surface area contributed by atoms with Crippen molar-refractivity contribution in [2.45, 2.75) is 12.2 Å². The summed E-state index contributed by atoms with van der Waals surface area (Å²) in [5.74, 6) is -8.99. The van der Waals surface area contributed by atoms with E-state index >= 15 is 0 Å². The number of Topliss-reactive ketones (excluding diaryl/α,β-unsaturated/α-hetero) is 4. The summed E-state index contributed by atoms with van der Waals surface area (Å²) < 4.78 is 20.2. The van der Waals surface area contributed by atoms with Crippen LogP contribution in [-0.2, 0) is 28.7 Å². The molecule has 2 aromatic rings. The minimum absolute atomic E-state index is 0.0659. The first-order valence-electron chi connectivity index (χ1n) is 10.1. The first-order valence-corrected chi connectivity index (χ1v) is 10.1. The van der Waals surface area contributed by atoms with Crippen molar-refractivity contribution in [3.8, 4) is 11.5 Å². The fourth-order valence-corrected chi connectivity index (χ4v) is 3.97. The number of carbonyl (C=O) groups excluding carboxylic acids is 6. The Balaban J connectivity index is 1.68. The maximum Gasteiger partial charge on any atom is 0.376 e. The molecule has 0 radical (unpaired) electrons. The van der Waals surface area contributed by atoms with Crippen LogP contribution in [0.25, 0.3) is 0 Å². The van der Waals surface area contributed by atoms with Gasteiger partial charge in [-0.15, -0.1) is 0 Å². The van der Waals surface area contributed by atoms with Gasteiger partial charge in [-0.3, -0.25) is 19.2 Å². The minimum Gasteiger partial charge on any atom is -0.497 e. The Morgan fingerprint density at radius 3 is 1.24 bits per heavy atom. The zero-order valence-electron chi connectivity index (χ0n) is 18.0. The van der Waals surface area contributed by atoms with Gasteiger partial charge in [-0.05, 0) is 48.5 Å². The number of hydrogen-bond donors (Lipinski definition) is 0. The number of ketones is 4. The summed E-state index contributed by atoms with van der Waals surface area (Å²) in [6.45, 7) is 0. The molecule has 0 saturated carbocycles. The molecule has 0 N–H and O–H groups in total. The van der Waals surface area contributed by atoms with Crippen molar-refractivity contribution in [3.05, 3.63) is 59.7 Å². The molecular formula is C24H18O10. The molecule has 2 aliphatic heterocycles. The van der Waals surface area contributed by atoms with Crippen molar-refractivity contribution in [1.29, 1.82) is 0 Å². The third-order valence-corrected chi connectivity index (χ3v) is 5.75. The Labute approximate surface area is 192 Å². The average molecular weight is 466 g/mol. The van der Waals surface area contributed by atoms with Gasteiger partial charge in [0.2, 0.25) is 0 Å². The van der Waals surface area contributed by atoms with E-state index < -0.39 is 59.1 Å². The van der Waals surface area contributed by atoms with Crippen LogP contribution in [0.15, 0.2) is 48.5 Å². The predicted octanol–water partition coefficient (Wildman–Crippen LogP) is 0.991. The van der Waals surface area contributed by atoms with Gasteiger partial charge in [0.15, 0.2) is 23.8 Å². The number of methoxy groups -OCH3 is 2. The monoisotopic (exact) mass is 466 g/mol. The fourth-order valence-electron chi connectivity index (χ4n) is 3.97. The standard InChI is InChI=1S/C24H18O10/c1-31-13-7-3-11(4-8-13)17(25)15-19(27)23(29)33-21(15)22-16(20(28)24(30)34-22)18(26)12-5-9-14(32-2)10-6-12/h3-10,15-16,21-22H,1-2H3/t15-,16-,21+,22+/m1/s1. The fraction of sp³-hybridized carbons (Fsp3) is 0.250. The molecule has 34 heavy (non-hydrogen) atoms. The molecule has 0 aliphatic carbocycles. The molecule has 174 valence electrons. The maximum atomic E-state index is 13.1. The summed E-state index contributed by atoms with van der Waals surface area (Å²) in [4.78, 5) is 75.6. The molecule has 2 aromatic carbocycles. The normalized spacial score (nSPS) is 23.9. The molecule has 4 atom stereocenters. The van der Waals surface area contributed by atoms with Gasteiger partial charge in [0, 0.05) is 11.1 Å². The lowest BCUT2D eigenvalue weighted by atomic mass is 9.81. The Bertz CT molecular complexity index is 1100. The number of cyclic esters (lactones) is 2. The second-order valence-electron chi connectivity index (χ2n) is 7.61. The van der Waals surface area contributed by atoms with Gasteiger partial charge in [-0.1, -0.05) is 0 Å². The van der Waals surface area contributed by atoms with E-state index in [9.17, 15) is 28.8 Å². The van der Waals surface area contributed by atoms with Gasteiger partial charge in [0.05, 0.1) is 14.2 Å². The second kappa shape index (κ2) is 8.89. The van der Waals surface area contributed by atoms with Crippen LogP contribution in [0.4, 0.5) is 0 Å². The number of ether oxygens (including phenoxy) is 4. The van der Waals surface area contributed by atoms with Crippen molar-refractivity contribution >= 4 is 35.1 Å². The van der Waals surface area contributed by atoms with Crippen molar-refractivity contribution in [2.75, 3.05) is 14.2 Å². The third-order valence-electron chi connectivity index (χ3n) is 5.75. The summed E-state index contributed by atoms with van der Waals surface area (Å²) in [6.07, 6.45) is -3.28. The molecule has 0 unspecified atom stereocenters. The van der Waals surface area contributed by atoms with E-state index in [1.165, 1.54) is 62.8 Å². The highest BCUT2D eigenvalue weighted by atomic mass is 16.6. The summed E-state index contributed by atoms with van der Waals surface area (Å²) in [5.41, 5.74) is 0.132. The van der Waals surface area contributed by atoms with Crippen LogP contribution in [0.2, 0.25) is 0 Å². The van der Waals surface area contributed by atoms with Crippen LogP contribution in [-0.4, -0.2) is 61.5 Å². The second-order valence-corrected chi connectivity index (χ2v) is 7.61. The van der Waals surface area contributed by atoms with Crippen LogP contribution < -0.4 is 9.47 Å².